The van der Waals surface area contributed by atoms with Crippen LogP contribution in [-0.4, -0.2) is 37.1 Å². The molecule has 1 saturated heterocycles. The third-order valence-corrected chi connectivity index (χ3v) is 7.84. The SMILES string of the molecule is CN(C)c1ccc(/C=N\N2C(=O)[C@@H]3C4c5ccccc5C(c5ccccc54)[C@@H]3C2=O)cc1Br. The lowest BCUT2D eigenvalue weighted by atomic mass is 9.55. The minimum Gasteiger partial charge on any atom is -0.377 e. The lowest BCUT2D eigenvalue weighted by Crippen LogP contribution is -2.41. The lowest BCUT2D eigenvalue weighted by molar-refractivity contribution is -0.139. The Bertz CT molecular complexity index is 1230. The lowest BCUT2D eigenvalue weighted by Gasteiger charge is -2.45. The van der Waals surface area contributed by atoms with Crippen LogP contribution in [0.15, 0.2) is 76.3 Å². The van der Waals surface area contributed by atoms with E-state index in [1.807, 2.05) is 61.5 Å². The maximum Gasteiger partial charge on any atom is 0.254 e. The summed E-state index contributed by atoms with van der Waals surface area (Å²) < 4.78 is 0.924. The first-order chi connectivity index (χ1) is 16.0. The largest absolute Gasteiger partial charge is 0.377 e. The molecule has 3 aromatic rings. The number of carbonyl (C=O) groups is 2. The molecule has 6 heteroatoms. The number of benzene rings is 3. The Morgan fingerprint density at radius 3 is 1.73 bits per heavy atom. The predicted octanol–water partition coefficient (Wildman–Crippen LogP) is 4.74. The zero-order valence-corrected chi connectivity index (χ0v) is 19.9. The number of hydrazone groups is 1. The minimum atomic E-state index is -0.410. The van der Waals surface area contributed by atoms with Gasteiger partial charge < -0.3 is 4.90 Å². The molecular weight excluding hydrogens is 478 g/mol. The molecule has 0 unspecified atom stereocenters. The molecule has 2 amide bonds. The number of hydrogen-bond donors (Lipinski definition) is 0. The number of amides is 2. The molecule has 2 bridgehead atoms. The summed E-state index contributed by atoms with van der Waals surface area (Å²) in [6.45, 7) is 0. The maximum absolute atomic E-state index is 13.6. The highest BCUT2D eigenvalue weighted by atomic mass is 79.9. The third kappa shape index (κ3) is 2.86. The Hall–Kier alpha value is -3.25. The average molecular weight is 500 g/mol. The van der Waals surface area contributed by atoms with Gasteiger partial charge in [-0.25, -0.2) is 0 Å². The first-order valence-electron chi connectivity index (χ1n) is 11.0. The summed E-state index contributed by atoms with van der Waals surface area (Å²) in [4.78, 5) is 29.1. The molecule has 0 radical (unpaired) electrons. The fourth-order valence-electron chi connectivity index (χ4n) is 5.87. The van der Waals surface area contributed by atoms with Crippen molar-refractivity contribution in [1.29, 1.82) is 0 Å². The molecule has 0 spiro atoms. The van der Waals surface area contributed by atoms with Crippen molar-refractivity contribution < 1.29 is 9.59 Å². The van der Waals surface area contributed by atoms with Crippen LogP contribution in [0.25, 0.3) is 0 Å². The van der Waals surface area contributed by atoms with E-state index in [0.717, 1.165) is 43.0 Å². The molecule has 1 aliphatic heterocycles. The van der Waals surface area contributed by atoms with Crippen molar-refractivity contribution in [3.63, 3.8) is 0 Å². The second-order valence-corrected chi connectivity index (χ2v) is 9.96. The number of rotatable bonds is 3. The van der Waals surface area contributed by atoms with Gasteiger partial charge in [-0.3, -0.25) is 9.59 Å². The maximum atomic E-state index is 13.6. The summed E-state index contributed by atoms with van der Waals surface area (Å²) in [5.41, 5.74) is 6.52. The molecule has 1 fully saturated rings. The predicted molar refractivity (Wildman–Crippen MR) is 131 cm³/mol. The fourth-order valence-corrected chi connectivity index (χ4v) is 6.62. The van der Waals surface area contributed by atoms with Gasteiger partial charge in [-0.2, -0.15) is 10.1 Å². The van der Waals surface area contributed by atoms with Gasteiger partial charge in [0.25, 0.3) is 11.8 Å². The van der Waals surface area contributed by atoms with E-state index in [4.69, 9.17) is 0 Å². The van der Waals surface area contributed by atoms with Crippen molar-refractivity contribution in [2.24, 2.45) is 16.9 Å². The van der Waals surface area contributed by atoms with Gasteiger partial charge >= 0.3 is 0 Å². The summed E-state index contributed by atoms with van der Waals surface area (Å²) in [5.74, 6) is -1.46. The Balaban J connectivity index is 1.39. The summed E-state index contributed by atoms with van der Waals surface area (Å²) in [5, 5.41) is 5.50. The molecule has 33 heavy (non-hydrogen) atoms. The van der Waals surface area contributed by atoms with Crippen molar-refractivity contribution in [2.75, 3.05) is 19.0 Å². The van der Waals surface area contributed by atoms with Gasteiger partial charge in [0, 0.05) is 30.4 Å². The highest BCUT2D eigenvalue weighted by Crippen LogP contribution is 2.60. The Morgan fingerprint density at radius 1 is 0.818 bits per heavy atom. The number of hydrogen-bond acceptors (Lipinski definition) is 4. The van der Waals surface area contributed by atoms with Crippen LogP contribution in [-0.2, 0) is 9.59 Å². The van der Waals surface area contributed by atoms with E-state index in [0.29, 0.717) is 0 Å². The van der Waals surface area contributed by atoms with Gasteiger partial charge in [0.05, 0.1) is 23.7 Å². The van der Waals surface area contributed by atoms with Crippen LogP contribution in [0.1, 0.15) is 39.7 Å². The van der Waals surface area contributed by atoms with Gasteiger partial charge in [-0.1, -0.05) is 54.6 Å². The van der Waals surface area contributed by atoms with Crippen molar-refractivity contribution >= 4 is 39.6 Å². The van der Waals surface area contributed by atoms with Crippen molar-refractivity contribution in [1.82, 2.24) is 5.01 Å². The minimum absolute atomic E-state index is 0.113. The van der Waals surface area contributed by atoms with Crippen LogP contribution < -0.4 is 4.90 Å². The molecule has 164 valence electrons. The smallest absolute Gasteiger partial charge is 0.254 e. The number of halogens is 1. The molecule has 0 aromatic heterocycles. The topological polar surface area (TPSA) is 53.0 Å². The highest BCUT2D eigenvalue weighted by molar-refractivity contribution is 9.10. The Morgan fingerprint density at radius 2 is 1.30 bits per heavy atom. The monoisotopic (exact) mass is 499 g/mol. The number of imide groups is 1. The molecule has 3 aliphatic carbocycles. The van der Waals surface area contributed by atoms with E-state index in [1.165, 1.54) is 0 Å². The summed E-state index contributed by atoms with van der Waals surface area (Å²) >= 11 is 3.58. The molecule has 2 atom stereocenters. The van der Waals surface area contributed by atoms with Crippen LogP contribution in [0, 0.1) is 11.8 Å². The molecular formula is C27H22BrN3O2. The second kappa shape index (κ2) is 7.39. The Kier molecular flexibility index (Phi) is 4.56. The first kappa shape index (κ1) is 20.4. The number of carbonyl (C=O) groups excluding carboxylic acids is 2. The van der Waals surface area contributed by atoms with E-state index in [2.05, 4.69) is 45.3 Å². The van der Waals surface area contributed by atoms with Crippen LogP contribution in [0.5, 0.6) is 0 Å². The number of anilines is 1. The van der Waals surface area contributed by atoms with Gasteiger partial charge in [-0.15, -0.1) is 0 Å². The third-order valence-electron chi connectivity index (χ3n) is 7.20. The van der Waals surface area contributed by atoms with Crippen molar-refractivity contribution in [2.45, 2.75) is 11.8 Å². The molecule has 7 rings (SSSR count). The highest BCUT2D eigenvalue weighted by Gasteiger charge is 2.61. The molecule has 0 saturated carbocycles. The van der Waals surface area contributed by atoms with Gasteiger partial charge in [0.2, 0.25) is 0 Å². The Labute approximate surface area is 200 Å². The van der Waals surface area contributed by atoms with E-state index >= 15 is 0 Å². The van der Waals surface area contributed by atoms with Crippen molar-refractivity contribution in [3.8, 4) is 0 Å². The summed E-state index contributed by atoms with van der Waals surface area (Å²) in [6, 6.07) is 22.3. The van der Waals surface area contributed by atoms with Gasteiger partial charge in [0.15, 0.2) is 0 Å². The van der Waals surface area contributed by atoms with E-state index in [1.54, 1.807) is 6.21 Å². The molecule has 1 heterocycles. The van der Waals surface area contributed by atoms with Crippen LogP contribution in [0.3, 0.4) is 0 Å². The quantitative estimate of drug-likeness (QED) is 0.386. The fraction of sp³-hybridized carbons (Fsp3) is 0.222. The second-order valence-electron chi connectivity index (χ2n) is 9.10. The molecule has 4 aliphatic rings. The van der Waals surface area contributed by atoms with E-state index < -0.39 is 11.8 Å². The zero-order valence-electron chi connectivity index (χ0n) is 18.3. The van der Waals surface area contributed by atoms with E-state index in [-0.39, 0.29) is 23.7 Å². The molecule has 0 N–H and O–H groups in total. The zero-order chi connectivity index (χ0) is 22.9. The van der Waals surface area contributed by atoms with Gasteiger partial charge in [0.1, 0.15) is 0 Å². The first-order valence-corrected chi connectivity index (χ1v) is 11.8. The standard InChI is InChI=1S/C27H22BrN3O2/c1-30(2)21-12-11-15(13-20(21)28)14-29-31-26(32)24-22-16-7-3-4-8-17(16)23(25(24)27(31)33)19-10-6-5-9-18(19)22/h3-14,22-25H,1-2H3/b29-14-/t22?,23?,24-,25+. The van der Waals surface area contributed by atoms with E-state index in [9.17, 15) is 9.59 Å². The van der Waals surface area contributed by atoms with Crippen LogP contribution in [0.4, 0.5) is 5.69 Å². The van der Waals surface area contributed by atoms with Crippen molar-refractivity contribution in [3.05, 3.63) is 99.0 Å². The average Bonchev–Trinajstić information content (AvgIpc) is 3.07. The molecule has 5 nitrogen and oxygen atoms in total. The van der Waals surface area contributed by atoms with Crippen LogP contribution in [0.2, 0.25) is 0 Å². The normalized spacial score (nSPS) is 24.8. The molecule has 3 aromatic carbocycles. The number of nitrogens with zero attached hydrogens (tertiary/aromatic N) is 3. The summed E-state index contributed by atoms with van der Waals surface area (Å²) in [6.07, 6.45) is 1.60. The van der Waals surface area contributed by atoms with Crippen LogP contribution >= 0.6 is 15.9 Å². The van der Waals surface area contributed by atoms with Gasteiger partial charge in [-0.05, 0) is 55.9 Å². The summed E-state index contributed by atoms with van der Waals surface area (Å²) in [7, 11) is 3.95.